The minimum absolute atomic E-state index is 0.0759. The molecule has 0 spiro atoms. The van der Waals surface area contributed by atoms with Crippen LogP contribution in [0.15, 0.2) is 9.59 Å². The Bertz CT molecular complexity index is 592. The Balaban J connectivity index is 2.33. The van der Waals surface area contributed by atoms with E-state index in [2.05, 4.69) is 6.92 Å². The second kappa shape index (κ2) is 5.22. The molecule has 2 heterocycles. The summed E-state index contributed by atoms with van der Waals surface area (Å²) in [6.45, 7) is 4.45. The lowest BCUT2D eigenvalue weighted by Gasteiger charge is -2.23. The topological polar surface area (TPSA) is 80.5 Å². The summed E-state index contributed by atoms with van der Waals surface area (Å²) in [5.41, 5.74) is 0.939. The lowest BCUT2D eigenvalue weighted by atomic mass is 10.1. The number of rotatable bonds is 3. The molecule has 1 fully saturated rings. The molecular formula is C12H18N2O3S2. The molecule has 1 amide bonds. The molecule has 1 unspecified atom stereocenters. The number of thiophene rings is 1. The van der Waals surface area contributed by atoms with E-state index in [1.54, 1.807) is 12.3 Å². The fraction of sp³-hybridized carbons (Fsp3) is 0.583. The molecular weight excluding hydrogens is 284 g/mol. The molecule has 1 aromatic heterocycles. The van der Waals surface area contributed by atoms with E-state index in [-0.39, 0.29) is 16.2 Å². The zero-order valence-corrected chi connectivity index (χ0v) is 12.7. The van der Waals surface area contributed by atoms with Crippen molar-refractivity contribution in [1.82, 2.24) is 4.90 Å². The Kier molecular flexibility index (Phi) is 3.98. The van der Waals surface area contributed by atoms with Crippen LogP contribution < -0.4 is 5.14 Å². The van der Waals surface area contributed by atoms with Crippen LogP contribution >= 0.6 is 11.3 Å². The maximum Gasteiger partial charge on any atom is 0.255 e. The van der Waals surface area contributed by atoms with E-state index in [9.17, 15) is 13.2 Å². The van der Waals surface area contributed by atoms with Gasteiger partial charge in [-0.15, -0.1) is 11.3 Å². The molecule has 2 N–H and O–H groups in total. The number of hydrogen-bond acceptors (Lipinski definition) is 4. The first-order valence-corrected chi connectivity index (χ1v) is 8.70. The number of sulfonamides is 1. The molecule has 1 aromatic rings. The summed E-state index contributed by atoms with van der Waals surface area (Å²) in [5.74, 6) is -0.0759. The van der Waals surface area contributed by atoms with E-state index in [0.29, 0.717) is 11.1 Å². The summed E-state index contributed by atoms with van der Waals surface area (Å²) in [6.07, 6.45) is 2.96. The molecule has 2 rings (SSSR count). The molecule has 0 aromatic carbocycles. The number of primary sulfonamides is 1. The zero-order valence-electron chi connectivity index (χ0n) is 11.0. The van der Waals surface area contributed by atoms with Gasteiger partial charge >= 0.3 is 0 Å². The van der Waals surface area contributed by atoms with Crippen LogP contribution in [0.5, 0.6) is 0 Å². The van der Waals surface area contributed by atoms with Gasteiger partial charge in [0, 0.05) is 18.0 Å². The summed E-state index contributed by atoms with van der Waals surface area (Å²) in [7, 11) is -3.74. The highest BCUT2D eigenvalue weighted by molar-refractivity contribution is 7.91. The van der Waals surface area contributed by atoms with E-state index in [4.69, 9.17) is 5.14 Å². The summed E-state index contributed by atoms with van der Waals surface area (Å²) < 4.78 is 22.9. The smallest absolute Gasteiger partial charge is 0.255 e. The second-order valence-electron chi connectivity index (χ2n) is 4.81. The average molecular weight is 302 g/mol. The molecule has 1 aliphatic rings. The van der Waals surface area contributed by atoms with Crippen molar-refractivity contribution < 1.29 is 13.2 Å². The number of likely N-dealkylation sites (tertiary alicyclic amines) is 1. The Morgan fingerprint density at radius 1 is 1.58 bits per heavy atom. The van der Waals surface area contributed by atoms with Crippen LogP contribution in [-0.2, 0) is 10.0 Å². The highest BCUT2D eigenvalue weighted by Crippen LogP contribution is 2.29. The monoisotopic (exact) mass is 302 g/mol. The first-order valence-electron chi connectivity index (χ1n) is 6.28. The molecule has 1 aliphatic heterocycles. The number of hydrogen-bond donors (Lipinski definition) is 1. The van der Waals surface area contributed by atoms with Crippen LogP contribution in [0.2, 0.25) is 0 Å². The van der Waals surface area contributed by atoms with Crippen LogP contribution in [0.25, 0.3) is 0 Å². The van der Waals surface area contributed by atoms with Gasteiger partial charge in [0.1, 0.15) is 4.21 Å². The Morgan fingerprint density at radius 3 is 2.79 bits per heavy atom. The van der Waals surface area contributed by atoms with Gasteiger partial charge in [-0.05, 0) is 31.7 Å². The van der Waals surface area contributed by atoms with Crippen LogP contribution in [0.4, 0.5) is 0 Å². The van der Waals surface area contributed by atoms with Crippen LogP contribution in [-0.4, -0.2) is 31.8 Å². The van der Waals surface area contributed by atoms with E-state index < -0.39 is 10.0 Å². The van der Waals surface area contributed by atoms with Crippen molar-refractivity contribution >= 4 is 27.3 Å². The first kappa shape index (κ1) is 14.5. The summed E-state index contributed by atoms with van der Waals surface area (Å²) >= 11 is 1.02. The Labute approximate surface area is 117 Å². The number of amides is 1. The number of carbonyl (C=O) groups is 1. The molecule has 1 atom stereocenters. The van der Waals surface area contributed by atoms with Crippen molar-refractivity contribution in [2.45, 2.75) is 43.4 Å². The lowest BCUT2D eigenvalue weighted by molar-refractivity contribution is 0.0733. The van der Waals surface area contributed by atoms with Gasteiger partial charge in [0.25, 0.3) is 5.91 Å². The Morgan fingerprint density at radius 2 is 2.26 bits per heavy atom. The predicted octanol–water partition coefficient (Wildman–Crippen LogP) is 1.72. The molecule has 1 saturated heterocycles. The second-order valence-corrected chi connectivity index (χ2v) is 7.45. The third-order valence-corrected chi connectivity index (χ3v) is 6.27. The van der Waals surface area contributed by atoms with Crippen molar-refractivity contribution in [3.8, 4) is 0 Å². The van der Waals surface area contributed by atoms with Gasteiger partial charge in [0.05, 0.1) is 5.56 Å². The molecule has 5 nitrogen and oxygen atoms in total. The largest absolute Gasteiger partial charge is 0.336 e. The standard InChI is InChI=1S/C12H18N2O3S2/c1-3-9-5-4-6-14(9)11(15)10-7-18-12(8(10)2)19(13,16)17/h7,9H,3-6H2,1-2H3,(H2,13,16,17). The van der Waals surface area contributed by atoms with Gasteiger partial charge in [-0.1, -0.05) is 6.92 Å². The minimum atomic E-state index is -3.74. The SMILES string of the molecule is CCC1CCCN1C(=O)c1csc(S(N)(=O)=O)c1C. The van der Waals surface area contributed by atoms with E-state index in [0.717, 1.165) is 37.1 Å². The molecule has 19 heavy (non-hydrogen) atoms. The van der Waals surface area contributed by atoms with Gasteiger partial charge in [-0.25, -0.2) is 13.6 Å². The van der Waals surface area contributed by atoms with Gasteiger partial charge < -0.3 is 4.90 Å². The molecule has 0 bridgehead atoms. The molecule has 0 radical (unpaired) electrons. The van der Waals surface area contributed by atoms with Gasteiger partial charge in [0.2, 0.25) is 10.0 Å². The van der Waals surface area contributed by atoms with Crippen molar-refractivity contribution in [3.05, 3.63) is 16.5 Å². The van der Waals surface area contributed by atoms with Crippen LogP contribution in [0, 0.1) is 6.92 Å². The van der Waals surface area contributed by atoms with Crippen LogP contribution in [0.3, 0.4) is 0 Å². The summed E-state index contributed by atoms with van der Waals surface area (Å²) in [5, 5.41) is 6.74. The molecule has 7 heteroatoms. The van der Waals surface area contributed by atoms with Crippen molar-refractivity contribution in [1.29, 1.82) is 0 Å². The number of carbonyl (C=O) groups excluding carboxylic acids is 1. The van der Waals surface area contributed by atoms with Gasteiger partial charge in [0.15, 0.2) is 0 Å². The van der Waals surface area contributed by atoms with Crippen molar-refractivity contribution in [3.63, 3.8) is 0 Å². The molecule has 0 saturated carbocycles. The first-order chi connectivity index (χ1) is 8.86. The van der Waals surface area contributed by atoms with E-state index >= 15 is 0 Å². The lowest BCUT2D eigenvalue weighted by Crippen LogP contribution is -2.35. The maximum atomic E-state index is 12.5. The Hall–Kier alpha value is -0.920. The summed E-state index contributed by atoms with van der Waals surface area (Å²) in [6, 6.07) is 0.268. The van der Waals surface area contributed by atoms with E-state index in [1.165, 1.54) is 0 Å². The molecule has 106 valence electrons. The quantitative estimate of drug-likeness (QED) is 0.923. The van der Waals surface area contributed by atoms with Crippen LogP contribution in [0.1, 0.15) is 42.1 Å². The van der Waals surface area contributed by atoms with Gasteiger partial charge in [-0.2, -0.15) is 0 Å². The normalized spacial score (nSPS) is 19.9. The van der Waals surface area contributed by atoms with Crippen molar-refractivity contribution in [2.75, 3.05) is 6.54 Å². The summed E-state index contributed by atoms with van der Waals surface area (Å²) in [4.78, 5) is 14.3. The van der Waals surface area contributed by atoms with Gasteiger partial charge in [-0.3, -0.25) is 4.79 Å². The molecule has 0 aliphatic carbocycles. The minimum Gasteiger partial charge on any atom is -0.336 e. The average Bonchev–Trinajstić information content (AvgIpc) is 2.92. The maximum absolute atomic E-state index is 12.5. The number of nitrogens with zero attached hydrogens (tertiary/aromatic N) is 1. The number of nitrogens with two attached hydrogens (primary N) is 1. The highest BCUT2D eigenvalue weighted by Gasteiger charge is 2.30. The fourth-order valence-corrected chi connectivity index (χ4v) is 4.58. The van der Waals surface area contributed by atoms with Crippen molar-refractivity contribution in [2.24, 2.45) is 5.14 Å². The zero-order chi connectivity index (χ0) is 14.2. The fourth-order valence-electron chi connectivity index (χ4n) is 2.57. The van der Waals surface area contributed by atoms with E-state index in [1.807, 2.05) is 4.90 Å². The highest BCUT2D eigenvalue weighted by atomic mass is 32.2. The third kappa shape index (κ3) is 2.68. The predicted molar refractivity (Wildman–Crippen MR) is 74.8 cm³/mol. The third-order valence-electron chi connectivity index (χ3n) is 3.59.